The van der Waals surface area contributed by atoms with Crippen LogP contribution in [0.1, 0.15) is 22.3 Å². The van der Waals surface area contributed by atoms with Gasteiger partial charge in [0.25, 0.3) is 0 Å². The van der Waals surface area contributed by atoms with Crippen molar-refractivity contribution in [3.8, 4) is 44.9 Å². The minimum absolute atomic E-state index is 0.0366. The number of fused-ring (bicyclic) bond motifs is 3. The Balaban J connectivity index is 1.58. The van der Waals surface area contributed by atoms with Crippen LogP contribution < -0.4 is 9.47 Å². The van der Waals surface area contributed by atoms with Gasteiger partial charge in [0.05, 0.1) is 18.6 Å². The summed E-state index contributed by atoms with van der Waals surface area (Å²) in [5.41, 5.74) is 11.3. The van der Waals surface area contributed by atoms with Crippen molar-refractivity contribution < 1.29 is 19.7 Å². The number of hydrogen-bond acceptors (Lipinski definition) is 6. The zero-order chi connectivity index (χ0) is 29.2. The Bertz CT molecular complexity index is 1690. The molecule has 2 aromatic heterocycles. The number of benzene rings is 4. The van der Waals surface area contributed by atoms with Gasteiger partial charge < -0.3 is 19.7 Å². The molecule has 0 fully saturated rings. The summed E-state index contributed by atoms with van der Waals surface area (Å²) in [7, 11) is 0. The SMILES string of the molecule is OCCOc1ccc(C2(c3ccc(OCCO)cc3)c3c(-c4ccsc4)cccc3-c3cccc(-c4ccsc4)c32)cc1. The number of aliphatic hydroxyl groups excluding tert-OH is 2. The molecule has 4 nitrogen and oxygen atoms in total. The molecule has 1 aliphatic carbocycles. The third-order valence-electron chi connectivity index (χ3n) is 8.13. The van der Waals surface area contributed by atoms with E-state index in [9.17, 15) is 10.2 Å². The fourth-order valence-corrected chi connectivity index (χ4v) is 7.79. The van der Waals surface area contributed by atoms with Crippen LogP contribution in [-0.2, 0) is 5.41 Å². The quantitative estimate of drug-likeness (QED) is 0.166. The molecule has 6 aromatic rings. The van der Waals surface area contributed by atoms with Crippen molar-refractivity contribution in [3.63, 3.8) is 0 Å². The van der Waals surface area contributed by atoms with Crippen LogP contribution in [0, 0.1) is 0 Å². The third kappa shape index (κ3) is 4.67. The van der Waals surface area contributed by atoms with Gasteiger partial charge in [0.2, 0.25) is 0 Å². The van der Waals surface area contributed by atoms with Crippen molar-refractivity contribution in [1.82, 2.24) is 0 Å². The molecule has 0 unspecified atom stereocenters. The number of ether oxygens (including phenoxy) is 2. The van der Waals surface area contributed by atoms with Gasteiger partial charge in [-0.15, -0.1) is 0 Å². The van der Waals surface area contributed by atoms with E-state index in [2.05, 4.69) is 94.3 Å². The van der Waals surface area contributed by atoms with Crippen LogP contribution >= 0.6 is 22.7 Å². The summed E-state index contributed by atoms with van der Waals surface area (Å²) < 4.78 is 11.6. The third-order valence-corrected chi connectivity index (χ3v) is 9.49. The number of hydrogen-bond donors (Lipinski definition) is 2. The summed E-state index contributed by atoms with van der Waals surface area (Å²) in [6.07, 6.45) is 0. The van der Waals surface area contributed by atoms with Crippen LogP contribution in [0.4, 0.5) is 0 Å². The number of thiophene rings is 2. The molecule has 1 aliphatic rings. The first-order valence-corrected chi connectivity index (χ1v) is 16.1. The fraction of sp³-hybridized carbons (Fsp3) is 0.135. The first kappa shape index (κ1) is 27.6. The summed E-state index contributed by atoms with van der Waals surface area (Å²) in [6.45, 7) is 0.419. The highest BCUT2D eigenvalue weighted by Crippen LogP contribution is 2.61. The molecule has 0 spiro atoms. The second-order valence-electron chi connectivity index (χ2n) is 10.4. The van der Waals surface area contributed by atoms with Gasteiger partial charge in [-0.25, -0.2) is 0 Å². The van der Waals surface area contributed by atoms with Gasteiger partial charge in [0.1, 0.15) is 24.7 Å². The molecule has 0 atom stereocenters. The lowest BCUT2D eigenvalue weighted by molar-refractivity contribution is 0.201. The zero-order valence-corrected chi connectivity index (χ0v) is 25.0. The maximum absolute atomic E-state index is 9.33. The Morgan fingerprint density at radius 1 is 0.512 bits per heavy atom. The highest BCUT2D eigenvalue weighted by Gasteiger charge is 2.49. The Hall–Kier alpha value is -4.20. The summed E-state index contributed by atoms with van der Waals surface area (Å²) in [6, 6.07) is 34.4. The van der Waals surface area contributed by atoms with E-state index in [1.807, 2.05) is 24.3 Å². The predicted octanol–water partition coefficient (Wildman–Crippen LogP) is 8.25. The van der Waals surface area contributed by atoms with Crippen LogP contribution in [0.3, 0.4) is 0 Å². The molecule has 0 saturated carbocycles. The van der Waals surface area contributed by atoms with Gasteiger partial charge in [-0.3, -0.25) is 0 Å². The second kappa shape index (κ2) is 11.8. The summed E-state index contributed by atoms with van der Waals surface area (Å²) >= 11 is 3.41. The molecule has 0 radical (unpaired) electrons. The Labute approximate surface area is 259 Å². The Morgan fingerprint density at radius 3 is 1.30 bits per heavy atom. The minimum Gasteiger partial charge on any atom is -0.491 e. The molecule has 0 bridgehead atoms. The molecular formula is C37H30O4S2. The van der Waals surface area contributed by atoms with Crippen LogP contribution in [0.25, 0.3) is 33.4 Å². The van der Waals surface area contributed by atoms with Crippen molar-refractivity contribution in [3.05, 3.63) is 141 Å². The zero-order valence-electron chi connectivity index (χ0n) is 23.4. The van der Waals surface area contributed by atoms with Gasteiger partial charge in [0, 0.05) is 0 Å². The standard InChI is InChI=1S/C37H30O4S2/c38-17-19-40-29-11-7-27(8-12-29)37(28-9-13-30(14-10-28)41-20-18-39)35-31(25-15-21-42-23-25)3-1-5-33(35)34-6-2-4-32(36(34)37)26-16-22-43-24-26/h1-16,21-24,38-39H,17-20H2. The fourth-order valence-electron chi connectivity index (χ4n) is 6.48. The summed E-state index contributed by atoms with van der Waals surface area (Å²) in [5.74, 6) is 1.44. The lowest BCUT2D eigenvalue weighted by Crippen LogP contribution is -2.30. The van der Waals surface area contributed by atoms with E-state index in [-0.39, 0.29) is 26.4 Å². The van der Waals surface area contributed by atoms with E-state index in [4.69, 9.17) is 9.47 Å². The smallest absolute Gasteiger partial charge is 0.119 e. The highest BCUT2D eigenvalue weighted by atomic mass is 32.1. The molecular weight excluding hydrogens is 573 g/mol. The molecule has 6 heteroatoms. The van der Waals surface area contributed by atoms with Crippen molar-refractivity contribution >= 4 is 22.7 Å². The maximum atomic E-state index is 9.33. The molecule has 0 aliphatic heterocycles. The van der Waals surface area contributed by atoms with E-state index in [1.165, 1.54) is 44.5 Å². The van der Waals surface area contributed by atoms with E-state index >= 15 is 0 Å². The average Bonchev–Trinajstić information content (AvgIpc) is 3.84. The molecule has 2 N–H and O–H groups in total. The monoisotopic (exact) mass is 602 g/mol. The van der Waals surface area contributed by atoms with Crippen LogP contribution in [0.15, 0.2) is 119 Å². The molecule has 0 saturated heterocycles. The van der Waals surface area contributed by atoms with Crippen LogP contribution in [-0.4, -0.2) is 36.6 Å². The normalized spacial score (nSPS) is 13.0. The van der Waals surface area contributed by atoms with Gasteiger partial charge in [-0.2, -0.15) is 22.7 Å². The number of rotatable bonds is 10. The Morgan fingerprint density at radius 2 is 0.930 bits per heavy atom. The van der Waals surface area contributed by atoms with Crippen molar-refractivity contribution in [2.45, 2.75) is 5.41 Å². The van der Waals surface area contributed by atoms with Gasteiger partial charge in [-0.05, 0) is 114 Å². The maximum Gasteiger partial charge on any atom is 0.119 e. The lowest BCUT2D eigenvalue weighted by Gasteiger charge is -2.36. The second-order valence-corrected chi connectivity index (χ2v) is 12.0. The van der Waals surface area contributed by atoms with Crippen LogP contribution in [0.5, 0.6) is 11.5 Å². The first-order valence-electron chi connectivity index (χ1n) is 14.3. The Kier molecular flexibility index (Phi) is 7.59. The largest absolute Gasteiger partial charge is 0.491 e. The minimum atomic E-state index is -0.660. The van der Waals surface area contributed by atoms with Crippen molar-refractivity contribution in [2.24, 2.45) is 0 Å². The molecule has 43 heavy (non-hydrogen) atoms. The molecule has 0 amide bonds. The van der Waals surface area contributed by atoms with Gasteiger partial charge in [0.15, 0.2) is 0 Å². The molecule has 2 heterocycles. The van der Waals surface area contributed by atoms with E-state index in [0.717, 1.165) is 22.6 Å². The van der Waals surface area contributed by atoms with Crippen molar-refractivity contribution in [2.75, 3.05) is 26.4 Å². The highest BCUT2D eigenvalue weighted by molar-refractivity contribution is 7.08. The first-order chi connectivity index (χ1) is 21.3. The van der Waals surface area contributed by atoms with Gasteiger partial charge >= 0.3 is 0 Å². The molecule has 7 rings (SSSR count). The topological polar surface area (TPSA) is 58.9 Å². The summed E-state index contributed by atoms with van der Waals surface area (Å²) in [5, 5.41) is 27.4. The average molecular weight is 603 g/mol. The van der Waals surface area contributed by atoms with E-state index < -0.39 is 5.41 Å². The van der Waals surface area contributed by atoms with Crippen LogP contribution in [0.2, 0.25) is 0 Å². The predicted molar refractivity (Wildman–Crippen MR) is 176 cm³/mol. The number of aliphatic hydroxyl groups is 2. The van der Waals surface area contributed by atoms with Crippen molar-refractivity contribution in [1.29, 1.82) is 0 Å². The van der Waals surface area contributed by atoms with E-state index in [1.54, 1.807) is 22.7 Å². The van der Waals surface area contributed by atoms with E-state index in [0.29, 0.717) is 0 Å². The molecule has 4 aromatic carbocycles. The lowest BCUT2D eigenvalue weighted by atomic mass is 9.65. The summed E-state index contributed by atoms with van der Waals surface area (Å²) in [4.78, 5) is 0. The van der Waals surface area contributed by atoms with Gasteiger partial charge in [-0.1, -0.05) is 60.7 Å². The molecule has 214 valence electrons.